The predicted molar refractivity (Wildman–Crippen MR) is 119 cm³/mol. The largest absolute Gasteiger partial charge is 0.495 e. The van der Waals surface area contributed by atoms with Crippen LogP contribution in [-0.4, -0.2) is 24.1 Å². The smallest absolute Gasteiger partial charge is 0.339 e. The summed E-state index contributed by atoms with van der Waals surface area (Å²) in [5.74, 6) is -0.744. The Morgan fingerprint density at radius 3 is 2.84 bits per heavy atom. The lowest BCUT2D eigenvalue weighted by molar-refractivity contribution is 0.0697. The second-order valence-electron chi connectivity index (χ2n) is 7.20. The first kappa shape index (κ1) is 19.2. The molecule has 0 saturated heterocycles. The minimum absolute atomic E-state index is 0.0822. The number of para-hydroxylation sites is 2. The number of methoxy groups -OCH3 is 1. The Balaban J connectivity index is 1.44. The summed E-state index contributed by atoms with van der Waals surface area (Å²) < 4.78 is 11.0. The highest BCUT2D eigenvalue weighted by Crippen LogP contribution is 2.43. The lowest BCUT2D eigenvalue weighted by atomic mass is 10.0. The van der Waals surface area contributed by atoms with E-state index in [-0.39, 0.29) is 22.4 Å². The number of thiophene rings is 1. The molecule has 1 aliphatic rings. The number of furan rings is 1. The van der Waals surface area contributed by atoms with E-state index in [1.807, 2.05) is 36.4 Å². The molecule has 1 unspecified atom stereocenters. The van der Waals surface area contributed by atoms with Crippen molar-refractivity contribution in [2.75, 3.05) is 17.7 Å². The van der Waals surface area contributed by atoms with E-state index in [9.17, 15) is 14.7 Å². The van der Waals surface area contributed by atoms with Crippen molar-refractivity contribution in [3.63, 3.8) is 0 Å². The number of anilines is 2. The Morgan fingerprint density at radius 1 is 1.23 bits per heavy atom. The van der Waals surface area contributed by atoms with Crippen molar-refractivity contribution in [3.8, 4) is 5.75 Å². The molecule has 2 aromatic heterocycles. The van der Waals surface area contributed by atoms with Crippen LogP contribution in [0.2, 0.25) is 0 Å². The molecule has 8 heteroatoms. The maximum atomic E-state index is 12.7. The van der Waals surface area contributed by atoms with Crippen LogP contribution in [0.4, 0.5) is 10.7 Å². The van der Waals surface area contributed by atoms with Gasteiger partial charge in [-0.3, -0.25) is 4.79 Å². The summed E-state index contributed by atoms with van der Waals surface area (Å²) in [6.45, 7) is 0. The maximum absolute atomic E-state index is 12.7. The molecule has 2 aromatic carbocycles. The minimum atomic E-state index is -1.10. The number of amides is 1. The van der Waals surface area contributed by atoms with Crippen LogP contribution in [0, 0.1) is 0 Å². The van der Waals surface area contributed by atoms with E-state index in [0.29, 0.717) is 23.3 Å². The second kappa shape index (κ2) is 7.48. The Hall–Kier alpha value is -3.78. The van der Waals surface area contributed by atoms with E-state index in [0.717, 1.165) is 16.6 Å². The molecule has 5 rings (SSSR count). The van der Waals surface area contributed by atoms with Crippen molar-refractivity contribution in [1.82, 2.24) is 0 Å². The Kier molecular flexibility index (Phi) is 4.63. The molecule has 4 aromatic rings. The van der Waals surface area contributed by atoms with E-state index in [2.05, 4.69) is 10.6 Å². The van der Waals surface area contributed by atoms with Crippen molar-refractivity contribution in [1.29, 1.82) is 0 Å². The fourth-order valence-electron chi connectivity index (χ4n) is 3.91. The molecular weight excluding hydrogens is 416 g/mol. The normalized spacial score (nSPS) is 14.8. The molecule has 0 saturated carbocycles. The first-order valence-corrected chi connectivity index (χ1v) is 10.5. The van der Waals surface area contributed by atoms with Gasteiger partial charge in [0, 0.05) is 10.9 Å². The van der Waals surface area contributed by atoms with E-state index >= 15 is 0 Å². The van der Waals surface area contributed by atoms with E-state index in [4.69, 9.17) is 9.15 Å². The van der Waals surface area contributed by atoms with Gasteiger partial charge in [0.05, 0.1) is 24.4 Å². The summed E-state index contributed by atoms with van der Waals surface area (Å²) in [6, 6.07) is 14.5. The van der Waals surface area contributed by atoms with Crippen molar-refractivity contribution in [3.05, 3.63) is 76.4 Å². The van der Waals surface area contributed by atoms with Gasteiger partial charge >= 0.3 is 5.97 Å². The SMILES string of the molecule is COc1cccc2c1NC(c1csc(NC(=O)c3cc4ccccc4o3)c1C(=O)O)C2. The number of aromatic carboxylic acids is 1. The van der Waals surface area contributed by atoms with Gasteiger partial charge in [0.25, 0.3) is 5.91 Å². The minimum Gasteiger partial charge on any atom is -0.495 e. The van der Waals surface area contributed by atoms with Gasteiger partial charge < -0.3 is 24.9 Å². The number of benzene rings is 2. The molecule has 1 amide bonds. The lowest BCUT2D eigenvalue weighted by Crippen LogP contribution is -2.15. The number of carbonyl (C=O) groups excluding carboxylic acids is 1. The molecule has 1 aliphatic heterocycles. The molecule has 3 heterocycles. The van der Waals surface area contributed by atoms with Crippen LogP contribution in [0.3, 0.4) is 0 Å². The summed E-state index contributed by atoms with van der Waals surface area (Å²) in [5.41, 5.74) is 3.22. The van der Waals surface area contributed by atoms with Crippen LogP contribution < -0.4 is 15.4 Å². The first-order chi connectivity index (χ1) is 15.0. The second-order valence-corrected chi connectivity index (χ2v) is 8.08. The molecule has 1 atom stereocenters. The fraction of sp³-hybridized carbons (Fsp3) is 0.130. The van der Waals surface area contributed by atoms with Crippen LogP contribution in [0.15, 0.2) is 58.3 Å². The highest BCUT2D eigenvalue weighted by molar-refractivity contribution is 7.15. The van der Waals surface area contributed by atoms with Gasteiger partial charge in [0.2, 0.25) is 0 Å². The topological polar surface area (TPSA) is 101 Å². The van der Waals surface area contributed by atoms with Gasteiger partial charge in [-0.15, -0.1) is 11.3 Å². The molecule has 31 heavy (non-hydrogen) atoms. The Bertz CT molecular complexity index is 1290. The first-order valence-electron chi connectivity index (χ1n) is 9.62. The third-order valence-electron chi connectivity index (χ3n) is 5.36. The lowest BCUT2D eigenvalue weighted by Gasteiger charge is -2.13. The molecule has 0 fully saturated rings. The number of hydrogen-bond acceptors (Lipinski definition) is 6. The highest BCUT2D eigenvalue weighted by atomic mass is 32.1. The third-order valence-corrected chi connectivity index (χ3v) is 6.27. The summed E-state index contributed by atoms with van der Waals surface area (Å²) in [5, 5.41) is 18.8. The average Bonchev–Trinajstić information content (AvgIpc) is 3.48. The molecular formula is C23H18N2O5S. The average molecular weight is 434 g/mol. The number of nitrogens with one attached hydrogen (secondary N) is 2. The van der Waals surface area contributed by atoms with E-state index in [1.54, 1.807) is 24.6 Å². The molecule has 156 valence electrons. The van der Waals surface area contributed by atoms with Crippen molar-refractivity contribution < 1.29 is 23.8 Å². The van der Waals surface area contributed by atoms with Gasteiger partial charge in [-0.2, -0.15) is 0 Å². The van der Waals surface area contributed by atoms with Crippen LogP contribution in [0.1, 0.15) is 38.1 Å². The van der Waals surface area contributed by atoms with Gasteiger partial charge in [-0.05, 0) is 35.6 Å². The number of ether oxygens (including phenoxy) is 1. The molecule has 0 bridgehead atoms. The number of carboxylic acids is 1. The number of carbonyl (C=O) groups is 2. The number of fused-ring (bicyclic) bond motifs is 2. The van der Waals surface area contributed by atoms with Gasteiger partial charge in [0.15, 0.2) is 5.76 Å². The van der Waals surface area contributed by atoms with Crippen molar-refractivity contribution >= 4 is 44.9 Å². The summed E-state index contributed by atoms with van der Waals surface area (Å²) in [7, 11) is 1.60. The number of carboxylic acid groups (broad SMARTS) is 1. The zero-order chi connectivity index (χ0) is 21.5. The quantitative estimate of drug-likeness (QED) is 0.401. The number of rotatable bonds is 5. The molecule has 0 aliphatic carbocycles. The van der Waals surface area contributed by atoms with E-state index < -0.39 is 11.9 Å². The Morgan fingerprint density at radius 2 is 2.06 bits per heavy atom. The molecule has 0 spiro atoms. The maximum Gasteiger partial charge on any atom is 0.339 e. The zero-order valence-electron chi connectivity index (χ0n) is 16.5. The van der Waals surface area contributed by atoms with Gasteiger partial charge in [-0.1, -0.05) is 30.3 Å². The van der Waals surface area contributed by atoms with Crippen LogP contribution >= 0.6 is 11.3 Å². The van der Waals surface area contributed by atoms with Gasteiger partial charge in [-0.25, -0.2) is 4.79 Å². The summed E-state index contributed by atoms with van der Waals surface area (Å²) in [6.07, 6.45) is 0.626. The van der Waals surface area contributed by atoms with Crippen LogP contribution in [0.25, 0.3) is 11.0 Å². The van der Waals surface area contributed by atoms with E-state index in [1.165, 1.54) is 11.3 Å². The monoisotopic (exact) mass is 434 g/mol. The van der Waals surface area contributed by atoms with Crippen molar-refractivity contribution in [2.24, 2.45) is 0 Å². The molecule has 3 N–H and O–H groups in total. The summed E-state index contributed by atoms with van der Waals surface area (Å²) in [4.78, 5) is 24.8. The highest BCUT2D eigenvalue weighted by Gasteiger charge is 2.31. The van der Waals surface area contributed by atoms with Crippen LogP contribution in [-0.2, 0) is 6.42 Å². The van der Waals surface area contributed by atoms with Crippen molar-refractivity contribution in [2.45, 2.75) is 12.5 Å². The fourth-order valence-corrected chi connectivity index (χ4v) is 4.91. The predicted octanol–water partition coefficient (Wildman–Crippen LogP) is 5.16. The number of hydrogen-bond donors (Lipinski definition) is 3. The van der Waals surface area contributed by atoms with Gasteiger partial charge in [0.1, 0.15) is 16.3 Å². The standard InChI is InChI=1S/C23H18N2O5S/c1-29-17-8-4-6-13-9-15(24-20(13)17)14-11-31-22(19(14)23(27)28)25-21(26)18-10-12-5-2-3-7-16(12)30-18/h2-8,10-11,15,24H,9H2,1H3,(H,25,26)(H,27,28). The zero-order valence-corrected chi connectivity index (χ0v) is 17.3. The molecule has 0 radical (unpaired) electrons. The summed E-state index contributed by atoms with van der Waals surface area (Å²) >= 11 is 1.18. The third kappa shape index (κ3) is 3.30. The van der Waals surface area contributed by atoms with Crippen LogP contribution in [0.5, 0.6) is 5.75 Å². The molecule has 7 nitrogen and oxygen atoms in total. The Labute approximate surface area is 181 Å².